The van der Waals surface area contributed by atoms with Gasteiger partial charge in [0.2, 0.25) is 5.91 Å². The molecule has 92 valence electrons. The highest BCUT2D eigenvalue weighted by Gasteiger charge is 2.07. The molecule has 0 radical (unpaired) electrons. The van der Waals surface area contributed by atoms with Gasteiger partial charge in [-0.1, -0.05) is 37.6 Å². The monoisotopic (exact) mass is 251 g/mol. The molecular weight excluding hydrogens is 234 g/mol. The summed E-state index contributed by atoms with van der Waals surface area (Å²) >= 11 is 5.77. The molecule has 1 aromatic rings. The fourth-order valence-corrected chi connectivity index (χ4v) is 1.31. The zero-order valence-electron chi connectivity index (χ0n) is 10.4. The Morgan fingerprint density at radius 1 is 1.24 bits per heavy atom. The molecule has 0 aliphatic rings. The summed E-state index contributed by atoms with van der Waals surface area (Å²) in [6, 6.07) is 7.53. The molecule has 0 saturated heterocycles. The van der Waals surface area contributed by atoms with Crippen LogP contribution in [0.2, 0.25) is 5.02 Å². The van der Waals surface area contributed by atoms with Crippen LogP contribution >= 0.6 is 11.6 Å². The highest BCUT2D eigenvalue weighted by Crippen LogP contribution is 2.10. The Morgan fingerprint density at radius 3 is 2.35 bits per heavy atom. The average Bonchev–Trinajstić information content (AvgIpc) is 2.28. The molecule has 1 amide bonds. The maximum Gasteiger partial charge on any atom is 0.244 e. The Labute approximate surface area is 108 Å². The van der Waals surface area contributed by atoms with Gasteiger partial charge in [-0.2, -0.15) is 0 Å². The lowest BCUT2D eigenvalue weighted by atomic mass is 10.1. The van der Waals surface area contributed by atoms with Crippen molar-refractivity contribution >= 4 is 23.6 Å². The minimum Gasteiger partial charge on any atom is -0.350 e. The van der Waals surface area contributed by atoms with Crippen LogP contribution in [0.4, 0.5) is 0 Å². The van der Waals surface area contributed by atoms with Crippen molar-refractivity contribution in [2.45, 2.75) is 26.8 Å². The molecule has 17 heavy (non-hydrogen) atoms. The van der Waals surface area contributed by atoms with Crippen molar-refractivity contribution < 1.29 is 4.79 Å². The largest absolute Gasteiger partial charge is 0.350 e. The lowest BCUT2D eigenvalue weighted by Gasteiger charge is -2.15. The molecule has 1 N–H and O–H groups in total. The van der Waals surface area contributed by atoms with E-state index in [1.165, 1.54) is 0 Å². The zero-order chi connectivity index (χ0) is 12.8. The third kappa shape index (κ3) is 5.05. The van der Waals surface area contributed by atoms with E-state index in [9.17, 15) is 4.79 Å². The topological polar surface area (TPSA) is 29.1 Å². The van der Waals surface area contributed by atoms with E-state index >= 15 is 0 Å². The molecule has 0 spiro atoms. The molecular formula is C14H18ClNO. The number of carbonyl (C=O) groups excluding carboxylic acids is 1. The quantitative estimate of drug-likeness (QED) is 0.816. The van der Waals surface area contributed by atoms with Crippen molar-refractivity contribution in [1.29, 1.82) is 0 Å². The Balaban J connectivity index is 2.53. The minimum absolute atomic E-state index is 0.0684. The predicted molar refractivity (Wildman–Crippen MR) is 72.9 cm³/mol. The maximum absolute atomic E-state index is 11.6. The van der Waals surface area contributed by atoms with Gasteiger partial charge in [-0.25, -0.2) is 0 Å². The molecule has 0 aromatic heterocycles. The van der Waals surface area contributed by atoms with E-state index in [1.54, 1.807) is 24.3 Å². The van der Waals surface area contributed by atoms with Crippen molar-refractivity contribution in [2.24, 2.45) is 5.92 Å². The highest BCUT2D eigenvalue weighted by molar-refractivity contribution is 6.30. The van der Waals surface area contributed by atoms with E-state index in [1.807, 2.05) is 19.1 Å². The number of carbonyl (C=O) groups is 1. The second-order valence-electron chi connectivity index (χ2n) is 4.43. The molecule has 0 fully saturated rings. The first-order chi connectivity index (χ1) is 7.99. The third-order valence-electron chi connectivity index (χ3n) is 2.67. The Kier molecular flexibility index (Phi) is 5.23. The number of hydrogen-bond donors (Lipinski definition) is 1. The molecule has 1 rings (SSSR count). The first kappa shape index (κ1) is 13.8. The first-order valence-electron chi connectivity index (χ1n) is 5.73. The fourth-order valence-electron chi connectivity index (χ4n) is 1.18. The summed E-state index contributed by atoms with van der Waals surface area (Å²) in [7, 11) is 0. The lowest BCUT2D eigenvalue weighted by Crippen LogP contribution is -2.34. The second-order valence-corrected chi connectivity index (χ2v) is 4.86. The van der Waals surface area contributed by atoms with E-state index in [2.05, 4.69) is 19.2 Å². The van der Waals surface area contributed by atoms with E-state index in [0.29, 0.717) is 10.9 Å². The van der Waals surface area contributed by atoms with Gasteiger partial charge in [-0.3, -0.25) is 4.79 Å². The number of nitrogens with one attached hydrogen (secondary N) is 1. The van der Waals surface area contributed by atoms with Crippen LogP contribution in [0.25, 0.3) is 6.08 Å². The summed E-state index contributed by atoms with van der Waals surface area (Å²) in [5.41, 5.74) is 0.960. The number of hydrogen-bond acceptors (Lipinski definition) is 1. The molecule has 0 aliphatic carbocycles. The van der Waals surface area contributed by atoms with Crippen LogP contribution in [-0.4, -0.2) is 11.9 Å². The van der Waals surface area contributed by atoms with Crippen molar-refractivity contribution in [1.82, 2.24) is 5.32 Å². The van der Waals surface area contributed by atoms with Gasteiger partial charge < -0.3 is 5.32 Å². The van der Waals surface area contributed by atoms with E-state index in [0.717, 1.165) is 5.56 Å². The van der Waals surface area contributed by atoms with Gasteiger partial charge in [0.05, 0.1) is 0 Å². The smallest absolute Gasteiger partial charge is 0.244 e. The van der Waals surface area contributed by atoms with Crippen molar-refractivity contribution in [3.8, 4) is 0 Å². The number of amides is 1. The van der Waals surface area contributed by atoms with Crippen molar-refractivity contribution in [2.75, 3.05) is 0 Å². The molecule has 0 unspecified atom stereocenters. The van der Waals surface area contributed by atoms with Crippen LogP contribution in [0.5, 0.6) is 0 Å². The number of benzene rings is 1. The van der Waals surface area contributed by atoms with Crippen LogP contribution in [-0.2, 0) is 4.79 Å². The van der Waals surface area contributed by atoms with Gasteiger partial charge in [0.15, 0.2) is 0 Å². The van der Waals surface area contributed by atoms with Gasteiger partial charge in [0.25, 0.3) is 0 Å². The zero-order valence-corrected chi connectivity index (χ0v) is 11.2. The highest BCUT2D eigenvalue weighted by atomic mass is 35.5. The normalized spacial score (nSPS) is 13.0. The summed E-state index contributed by atoms with van der Waals surface area (Å²) < 4.78 is 0. The maximum atomic E-state index is 11.6. The summed E-state index contributed by atoms with van der Waals surface area (Å²) in [4.78, 5) is 11.6. The predicted octanol–water partition coefficient (Wildman–Crippen LogP) is 3.51. The molecule has 3 heteroatoms. The van der Waals surface area contributed by atoms with Crippen LogP contribution in [0.3, 0.4) is 0 Å². The summed E-state index contributed by atoms with van der Waals surface area (Å²) in [5, 5.41) is 3.60. The SMILES string of the molecule is CC(C)[C@@H](C)NC(=O)/C=C/c1ccc(Cl)cc1. The number of rotatable bonds is 4. The molecule has 0 saturated carbocycles. The molecule has 0 aliphatic heterocycles. The Morgan fingerprint density at radius 2 is 1.82 bits per heavy atom. The van der Waals surface area contributed by atoms with Gasteiger partial charge in [-0.05, 0) is 36.6 Å². The van der Waals surface area contributed by atoms with E-state index < -0.39 is 0 Å². The van der Waals surface area contributed by atoms with E-state index in [-0.39, 0.29) is 11.9 Å². The van der Waals surface area contributed by atoms with Gasteiger partial charge in [0, 0.05) is 17.1 Å². The minimum atomic E-state index is -0.0684. The summed E-state index contributed by atoms with van der Waals surface area (Å²) in [6.07, 6.45) is 3.32. The van der Waals surface area contributed by atoms with Crippen molar-refractivity contribution in [3.05, 3.63) is 40.9 Å². The standard InChI is InChI=1S/C14H18ClNO/c1-10(2)11(3)16-14(17)9-6-12-4-7-13(15)8-5-12/h4-11H,1-3H3,(H,16,17)/b9-6+/t11-/m1/s1. The molecule has 0 bridgehead atoms. The van der Waals surface area contributed by atoms with Gasteiger partial charge in [-0.15, -0.1) is 0 Å². The second kappa shape index (κ2) is 6.45. The van der Waals surface area contributed by atoms with E-state index in [4.69, 9.17) is 11.6 Å². The molecule has 0 heterocycles. The summed E-state index contributed by atoms with van der Waals surface area (Å²) in [6.45, 7) is 6.15. The molecule has 2 nitrogen and oxygen atoms in total. The number of halogens is 1. The molecule has 1 atom stereocenters. The van der Waals surface area contributed by atoms with Crippen molar-refractivity contribution in [3.63, 3.8) is 0 Å². The van der Waals surface area contributed by atoms with Crippen LogP contribution in [0.15, 0.2) is 30.3 Å². The third-order valence-corrected chi connectivity index (χ3v) is 2.92. The summed E-state index contributed by atoms with van der Waals surface area (Å²) in [5.74, 6) is 0.365. The first-order valence-corrected chi connectivity index (χ1v) is 6.11. The van der Waals surface area contributed by atoms with Gasteiger partial charge >= 0.3 is 0 Å². The van der Waals surface area contributed by atoms with Crippen LogP contribution in [0, 0.1) is 5.92 Å². The van der Waals surface area contributed by atoms with Gasteiger partial charge in [0.1, 0.15) is 0 Å². The average molecular weight is 252 g/mol. The Bertz CT molecular complexity index is 395. The van der Waals surface area contributed by atoms with Crippen LogP contribution in [0.1, 0.15) is 26.3 Å². The Hall–Kier alpha value is -1.28. The lowest BCUT2D eigenvalue weighted by molar-refractivity contribution is -0.117. The molecule has 1 aromatic carbocycles. The van der Waals surface area contributed by atoms with Crippen LogP contribution < -0.4 is 5.32 Å². The fraction of sp³-hybridized carbons (Fsp3) is 0.357.